The zero-order valence-corrected chi connectivity index (χ0v) is 24.9. The SMILES string of the molecule is C=N/C=C\C=C(/C)C1=CC(c2cccc(-c3cc(-c4cccnc4)cc(-c4cccnc4)c3)n2)=CC(c2cccnc2)C1C. The lowest BCUT2D eigenvalue weighted by atomic mass is 9.75. The Kier molecular flexibility index (Phi) is 8.55. The molecule has 5 heteroatoms. The standard InChI is InChI=1S/C39H33N5/c1-27(9-5-15-40-3)36-22-35(23-37(28(36)2)31-12-8-18-43-26-31)39-14-4-13-38(44-39)34-20-32(29-10-6-16-41-24-29)19-33(21-34)30-11-7-17-42-25-30/h4-26,28,37H,3H2,1-2H3/b15-5-,27-9+. The Hall–Kier alpha value is -5.55. The van der Waals surface area contributed by atoms with Crippen molar-refractivity contribution in [1.29, 1.82) is 0 Å². The lowest BCUT2D eigenvalue weighted by Crippen LogP contribution is -2.16. The average molecular weight is 572 g/mol. The van der Waals surface area contributed by atoms with Gasteiger partial charge in [-0.1, -0.05) is 43.3 Å². The van der Waals surface area contributed by atoms with Crippen LogP contribution in [0.1, 0.15) is 31.0 Å². The minimum absolute atomic E-state index is 0.153. The predicted octanol–water partition coefficient (Wildman–Crippen LogP) is 9.17. The third-order valence-electron chi connectivity index (χ3n) is 8.03. The number of benzene rings is 1. The molecule has 0 aliphatic heterocycles. The van der Waals surface area contributed by atoms with E-state index in [-0.39, 0.29) is 11.8 Å². The van der Waals surface area contributed by atoms with E-state index in [2.05, 4.69) is 113 Å². The van der Waals surface area contributed by atoms with E-state index < -0.39 is 0 Å². The lowest BCUT2D eigenvalue weighted by Gasteiger charge is -2.29. The summed E-state index contributed by atoms with van der Waals surface area (Å²) in [6, 6.07) is 25.1. The molecule has 44 heavy (non-hydrogen) atoms. The molecule has 0 N–H and O–H groups in total. The normalized spacial score (nSPS) is 16.8. The first kappa shape index (κ1) is 28.6. The van der Waals surface area contributed by atoms with Gasteiger partial charge in [-0.25, -0.2) is 4.98 Å². The molecule has 6 rings (SSSR count). The summed E-state index contributed by atoms with van der Waals surface area (Å²) in [5.41, 5.74) is 11.8. The molecule has 2 atom stereocenters. The Bertz CT molecular complexity index is 1830. The molecule has 0 saturated heterocycles. The molecule has 5 aromatic rings. The minimum atomic E-state index is 0.153. The monoisotopic (exact) mass is 571 g/mol. The van der Waals surface area contributed by atoms with Crippen molar-refractivity contribution in [1.82, 2.24) is 19.9 Å². The molecule has 2 unspecified atom stereocenters. The third kappa shape index (κ3) is 6.27. The summed E-state index contributed by atoms with van der Waals surface area (Å²) in [4.78, 5) is 22.2. The predicted molar refractivity (Wildman–Crippen MR) is 181 cm³/mol. The summed E-state index contributed by atoms with van der Waals surface area (Å²) >= 11 is 0. The molecule has 1 aliphatic carbocycles. The minimum Gasteiger partial charge on any atom is -0.273 e. The van der Waals surface area contributed by atoms with Crippen molar-refractivity contribution >= 4 is 12.3 Å². The average Bonchev–Trinajstić information content (AvgIpc) is 3.09. The highest BCUT2D eigenvalue weighted by Crippen LogP contribution is 2.42. The molecule has 0 spiro atoms. The molecule has 4 heterocycles. The Balaban J connectivity index is 1.46. The van der Waals surface area contributed by atoms with E-state index in [1.165, 1.54) is 16.7 Å². The van der Waals surface area contributed by atoms with Crippen molar-refractivity contribution in [3.8, 4) is 33.5 Å². The van der Waals surface area contributed by atoms with Gasteiger partial charge in [-0.3, -0.25) is 19.9 Å². The van der Waals surface area contributed by atoms with Crippen LogP contribution in [0.15, 0.2) is 157 Å². The maximum absolute atomic E-state index is 5.24. The number of hydrogen-bond donors (Lipinski definition) is 0. The third-order valence-corrected chi connectivity index (χ3v) is 8.03. The smallest absolute Gasteiger partial charge is 0.0709 e. The van der Waals surface area contributed by atoms with E-state index in [1.54, 1.807) is 18.6 Å². The van der Waals surface area contributed by atoms with E-state index in [4.69, 9.17) is 4.98 Å². The highest BCUT2D eigenvalue weighted by Gasteiger charge is 2.27. The zero-order valence-electron chi connectivity index (χ0n) is 24.9. The molecule has 0 radical (unpaired) electrons. The van der Waals surface area contributed by atoms with Crippen LogP contribution in [0.25, 0.3) is 39.1 Å². The van der Waals surface area contributed by atoms with E-state index in [9.17, 15) is 0 Å². The van der Waals surface area contributed by atoms with Gasteiger partial charge in [0.15, 0.2) is 0 Å². The molecule has 4 aromatic heterocycles. The Labute approximate surface area is 258 Å². The summed E-state index contributed by atoms with van der Waals surface area (Å²) < 4.78 is 0. The van der Waals surface area contributed by atoms with Gasteiger partial charge in [0.1, 0.15) is 0 Å². The van der Waals surface area contributed by atoms with Crippen LogP contribution in [0.4, 0.5) is 0 Å². The van der Waals surface area contributed by atoms with Crippen molar-refractivity contribution in [2.75, 3.05) is 0 Å². The summed E-state index contributed by atoms with van der Waals surface area (Å²) in [6.45, 7) is 7.98. The second-order valence-corrected chi connectivity index (χ2v) is 10.9. The number of aliphatic imine (C=N–C) groups is 1. The van der Waals surface area contributed by atoms with Crippen molar-refractivity contribution in [3.63, 3.8) is 0 Å². The van der Waals surface area contributed by atoms with Gasteiger partial charge in [-0.05, 0) is 114 Å². The van der Waals surface area contributed by atoms with Gasteiger partial charge in [0.2, 0.25) is 0 Å². The number of hydrogen-bond acceptors (Lipinski definition) is 5. The Morgan fingerprint density at radius 2 is 1.39 bits per heavy atom. The highest BCUT2D eigenvalue weighted by molar-refractivity contribution is 5.82. The van der Waals surface area contributed by atoms with Crippen LogP contribution in [0, 0.1) is 5.92 Å². The van der Waals surface area contributed by atoms with Gasteiger partial charge in [-0.15, -0.1) is 0 Å². The molecule has 0 amide bonds. The van der Waals surface area contributed by atoms with Crippen LogP contribution < -0.4 is 0 Å². The zero-order chi connectivity index (χ0) is 30.3. The number of rotatable bonds is 8. The summed E-state index contributed by atoms with van der Waals surface area (Å²) in [5, 5.41) is 0. The molecular formula is C39H33N5. The Morgan fingerprint density at radius 1 is 0.750 bits per heavy atom. The maximum atomic E-state index is 5.24. The van der Waals surface area contributed by atoms with Gasteiger partial charge in [0, 0.05) is 66.0 Å². The summed E-state index contributed by atoms with van der Waals surface area (Å²) in [6.07, 6.45) is 21.5. The molecule has 0 bridgehead atoms. The molecule has 0 saturated carbocycles. The van der Waals surface area contributed by atoms with E-state index in [0.29, 0.717) is 0 Å². The van der Waals surface area contributed by atoms with E-state index >= 15 is 0 Å². The van der Waals surface area contributed by atoms with Gasteiger partial charge in [-0.2, -0.15) is 0 Å². The van der Waals surface area contributed by atoms with Crippen LogP contribution in [-0.2, 0) is 0 Å². The number of pyridine rings is 4. The quantitative estimate of drug-likeness (QED) is 0.138. The fourth-order valence-corrected chi connectivity index (χ4v) is 5.75. The number of aromatic nitrogens is 4. The first-order chi connectivity index (χ1) is 21.6. The molecule has 214 valence electrons. The van der Waals surface area contributed by atoms with Crippen LogP contribution in [-0.4, -0.2) is 26.7 Å². The second-order valence-electron chi connectivity index (χ2n) is 10.9. The maximum Gasteiger partial charge on any atom is 0.0709 e. The van der Waals surface area contributed by atoms with Gasteiger partial charge >= 0.3 is 0 Å². The molecule has 1 aliphatic rings. The van der Waals surface area contributed by atoms with Gasteiger partial charge < -0.3 is 0 Å². The largest absolute Gasteiger partial charge is 0.273 e. The van der Waals surface area contributed by atoms with Crippen LogP contribution in [0.5, 0.6) is 0 Å². The van der Waals surface area contributed by atoms with Crippen molar-refractivity contribution in [3.05, 3.63) is 163 Å². The topological polar surface area (TPSA) is 63.9 Å². The fourth-order valence-electron chi connectivity index (χ4n) is 5.75. The first-order valence-corrected chi connectivity index (χ1v) is 14.7. The van der Waals surface area contributed by atoms with E-state index in [0.717, 1.165) is 44.8 Å². The van der Waals surface area contributed by atoms with Crippen molar-refractivity contribution in [2.45, 2.75) is 19.8 Å². The van der Waals surface area contributed by atoms with Crippen molar-refractivity contribution in [2.24, 2.45) is 10.9 Å². The number of nitrogens with zero attached hydrogens (tertiary/aromatic N) is 5. The Morgan fingerprint density at radius 3 is 2.00 bits per heavy atom. The van der Waals surface area contributed by atoms with Crippen LogP contribution in [0.2, 0.25) is 0 Å². The molecule has 1 aromatic carbocycles. The lowest BCUT2D eigenvalue weighted by molar-refractivity contribution is 0.604. The highest BCUT2D eigenvalue weighted by atomic mass is 14.7. The molecule has 5 nitrogen and oxygen atoms in total. The summed E-state index contributed by atoms with van der Waals surface area (Å²) in [5.74, 6) is 0.408. The van der Waals surface area contributed by atoms with Crippen LogP contribution in [0.3, 0.4) is 0 Å². The van der Waals surface area contributed by atoms with Gasteiger partial charge in [0.25, 0.3) is 0 Å². The summed E-state index contributed by atoms with van der Waals surface area (Å²) in [7, 11) is 0. The van der Waals surface area contributed by atoms with E-state index in [1.807, 2.05) is 49.1 Å². The second kappa shape index (κ2) is 13.2. The van der Waals surface area contributed by atoms with Crippen LogP contribution >= 0.6 is 0 Å². The molecule has 0 fully saturated rings. The van der Waals surface area contributed by atoms with Crippen molar-refractivity contribution < 1.29 is 0 Å². The van der Waals surface area contributed by atoms with Gasteiger partial charge in [0.05, 0.1) is 11.4 Å². The fraction of sp³-hybridized carbons (Fsp3) is 0.103. The molecular weight excluding hydrogens is 538 g/mol. The first-order valence-electron chi connectivity index (χ1n) is 14.7. The number of allylic oxidation sites excluding steroid dienone is 7.